The minimum absolute atomic E-state index is 0.119. The Hall–Kier alpha value is -1.13. The number of carboxylic acid groups (broad SMARTS) is 1. The molecule has 0 bridgehead atoms. The first-order chi connectivity index (χ1) is 7.64. The molecular formula is C12H19FO4. The van der Waals surface area contributed by atoms with Crippen LogP contribution in [0, 0.1) is 5.92 Å². The molecule has 4 nitrogen and oxygen atoms in total. The van der Waals surface area contributed by atoms with Gasteiger partial charge < -0.3 is 9.84 Å². The summed E-state index contributed by atoms with van der Waals surface area (Å²) in [6, 6.07) is 0. The Kier molecular flexibility index (Phi) is 3.79. The molecule has 1 aliphatic carbocycles. The molecule has 1 aliphatic rings. The number of rotatable bonds is 2. The molecule has 0 aliphatic heterocycles. The van der Waals surface area contributed by atoms with E-state index in [9.17, 15) is 14.0 Å². The second kappa shape index (κ2) is 4.63. The van der Waals surface area contributed by atoms with Gasteiger partial charge in [0.05, 0.1) is 5.92 Å². The normalized spacial score (nSPS) is 29.8. The van der Waals surface area contributed by atoms with E-state index in [-0.39, 0.29) is 37.6 Å². The fraction of sp³-hybridized carbons (Fsp3) is 0.833. The van der Waals surface area contributed by atoms with Crippen molar-refractivity contribution in [2.45, 2.75) is 57.7 Å². The lowest BCUT2D eigenvalue weighted by Crippen LogP contribution is -2.40. The highest BCUT2D eigenvalue weighted by molar-refractivity contribution is 5.78. The van der Waals surface area contributed by atoms with Gasteiger partial charge in [0, 0.05) is 0 Å². The molecule has 0 radical (unpaired) electrons. The molecule has 0 heterocycles. The Morgan fingerprint density at radius 3 is 2.12 bits per heavy atom. The van der Waals surface area contributed by atoms with E-state index in [0.29, 0.717) is 0 Å². The van der Waals surface area contributed by atoms with Crippen molar-refractivity contribution in [2.24, 2.45) is 5.92 Å². The van der Waals surface area contributed by atoms with Gasteiger partial charge in [0.2, 0.25) is 5.67 Å². The molecule has 0 saturated heterocycles. The molecule has 0 aromatic rings. The molecule has 1 saturated carbocycles. The highest BCUT2D eigenvalue weighted by Gasteiger charge is 2.44. The third kappa shape index (κ3) is 3.68. The van der Waals surface area contributed by atoms with E-state index in [0.717, 1.165) is 0 Å². The maximum Gasteiger partial charge on any atom is 0.341 e. The van der Waals surface area contributed by atoms with Crippen LogP contribution in [0.2, 0.25) is 0 Å². The first-order valence-corrected chi connectivity index (χ1v) is 5.79. The molecule has 17 heavy (non-hydrogen) atoms. The van der Waals surface area contributed by atoms with Gasteiger partial charge in [0.15, 0.2) is 0 Å². The van der Waals surface area contributed by atoms with Crippen molar-refractivity contribution in [1.82, 2.24) is 0 Å². The van der Waals surface area contributed by atoms with Crippen LogP contribution in [0.5, 0.6) is 0 Å². The highest BCUT2D eigenvalue weighted by Crippen LogP contribution is 2.36. The molecule has 0 aromatic carbocycles. The van der Waals surface area contributed by atoms with Crippen molar-refractivity contribution in [3.8, 4) is 0 Å². The third-order valence-electron chi connectivity index (χ3n) is 2.90. The van der Waals surface area contributed by atoms with Crippen molar-refractivity contribution < 1.29 is 23.8 Å². The van der Waals surface area contributed by atoms with E-state index in [2.05, 4.69) is 0 Å². The Labute approximate surface area is 100 Å². The van der Waals surface area contributed by atoms with Gasteiger partial charge in [-0.05, 0) is 46.5 Å². The molecule has 0 spiro atoms. The van der Waals surface area contributed by atoms with E-state index in [1.54, 1.807) is 20.8 Å². The van der Waals surface area contributed by atoms with E-state index in [1.165, 1.54) is 0 Å². The molecule has 5 heteroatoms. The SMILES string of the molecule is CC(C)(C)OC(=O)[C@H]1CC[C@](F)(C(=O)O)CC1. The highest BCUT2D eigenvalue weighted by atomic mass is 19.1. The summed E-state index contributed by atoms with van der Waals surface area (Å²) in [4.78, 5) is 22.4. The van der Waals surface area contributed by atoms with Crippen molar-refractivity contribution in [2.75, 3.05) is 0 Å². The largest absolute Gasteiger partial charge is 0.479 e. The molecule has 0 atom stereocenters. The minimum atomic E-state index is -2.17. The standard InChI is InChI=1S/C12H19FO4/c1-11(2,3)17-9(14)8-4-6-12(13,7-5-8)10(15)16/h8H,4-7H2,1-3H3,(H,15,16)/t8-,12+. The van der Waals surface area contributed by atoms with Crippen LogP contribution < -0.4 is 0 Å². The van der Waals surface area contributed by atoms with Crippen molar-refractivity contribution in [3.05, 3.63) is 0 Å². The number of alkyl halides is 1. The van der Waals surface area contributed by atoms with Crippen LogP contribution in [0.15, 0.2) is 0 Å². The molecule has 0 aromatic heterocycles. The van der Waals surface area contributed by atoms with Crippen LogP contribution in [-0.4, -0.2) is 28.3 Å². The summed E-state index contributed by atoms with van der Waals surface area (Å²) >= 11 is 0. The van der Waals surface area contributed by atoms with E-state index in [1.807, 2.05) is 0 Å². The number of ether oxygens (including phenoxy) is 1. The number of hydrogen-bond acceptors (Lipinski definition) is 3. The molecule has 98 valence electrons. The molecule has 1 fully saturated rings. The van der Waals surface area contributed by atoms with Crippen molar-refractivity contribution >= 4 is 11.9 Å². The maximum absolute atomic E-state index is 13.7. The van der Waals surface area contributed by atoms with Gasteiger partial charge in [-0.2, -0.15) is 0 Å². The van der Waals surface area contributed by atoms with Gasteiger partial charge in [0.25, 0.3) is 0 Å². The summed E-state index contributed by atoms with van der Waals surface area (Å²) in [7, 11) is 0. The first-order valence-electron chi connectivity index (χ1n) is 5.79. The number of aliphatic carboxylic acids is 1. The fourth-order valence-corrected chi connectivity index (χ4v) is 1.91. The Morgan fingerprint density at radius 1 is 1.29 bits per heavy atom. The summed E-state index contributed by atoms with van der Waals surface area (Å²) in [5.41, 5.74) is -2.73. The average Bonchev–Trinajstić information content (AvgIpc) is 2.15. The van der Waals surface area contributed by atoms with Gasteiger partial charge >= 0.3 is 11.9 Å². The predicted molar refractivity (Wildman–Crippen MR) is 59.3 cm³/mol. The molecule has 1 rings (SSSR count). The second-order valence-corrected chi connectivity index (χ2v) is 5.58. The summed E-state index contributed by atoms with van der Waals surface area (Å²) < 4.78 is 18.9. The number of halogens is 1. The Morgan fingerprint density at radius 2 is 1.76 bits per heavy atom. The lowest BCUT2D eigenvalue weighted by Gasteiger charge is -2.31. The summed E-state index contributed by atoms with van der Waals surface area (Å²) in [6.07, 6.45) is 0.230. The Balaban J connectivity index is 2.53. The van der Waals surface area contributed by atoms with Gasteiger partial charge in [-0.1, -0.05) is 0 Å². The molecule has 1 N–H and O–H groups in total. The fourth-order valence-electron chi connectivity index (χ4n) is 1.91. The van der Waals surface area contributed by atoms with Crippen molar-refractivity contribution in [1.29, 1.82) is 0 Å². The zero-order valence-electron chi connectivity index (χ0n) is 10.5. The number of esters is 1. The molecule has 0 unspecified atom stereocenters. The van der Waals surface area contributed by atoms with Crippen LogP contribution >= 0.6 is 0 Å². The smallest absolute Gasteiger partial charge is 0.341 e. The summed E-state index contributed by atoms with van der Waals surface area (Å²) in [6.45, 7) is 5.30. The minimum Gasteiger partial charge on any atom is -0.479 e. The van der Waals surface area contributed by atoms with Crippen LogP contribution in [0.4, 0.5) is 4.39 Å². The van der Waals surface area contributed by atoms with Gasteiger partial charge in [-0.15, -0.1) is 0 Å². The Bertz CT molecular complexity index is 311. The molecular weight excluding hydrogens is 227 g/mol. The van der Waals surface area contributed by atoms with Crippen LogP contribution in [0.1, 0.15) is 46.5 Å². The summed E-state index contributed by atoms with van der Waals surface area (Å²) in [5.74, 6) is -2.16. The topological polar surface area (TPSA) is 63.6 Å². The van der Waals surface area contributed by atoms with Crippen LogP contribution in [0.3, 0.4) is 0 Å². The van der Waals surface area contributed by atoms with E-state index < -0.39 is 17.2 Å². The van der Waals surface area contributed by atoms with Gasteiger partial charge in [0.1, 0.15) is 5.60 Å². The third-order valence-corrected chi connectivity index (χ3v) is 2.90. The van der Waals surface area contributed by atoms with E-state index >= 15 is 0 Å². The predicted octanol–water partition coefficient (Wildman–Crippen LogP) is 2.31. The zero-order chi connectivity index (χ0) is 13.3. The average molecular weight is 246 g/mol. The van der Waals surface area contributed by atoms with E-state index in [4.69, 9.17) is 9.84 Å². The number of carboxylic acids is 1. The maximum atomic E-state index is 13.7. The number of carbonyl (C=O) groups excluding carboxylic acids is 1. The van der Waals surface area contributed by atoms with Crippen molar-refractivity contribution in [3.63, 3.8) is 0 Å². The second-order valence-electron chi connectivity index (χ2n) is 5.58. The monoisotopic (exact) mass is 246 g/mol. The lowest BCUT2D eigenvalue weighted by atomic mass is 9.80. The first kappa shape index (κ1) is 13.9. The zero-order valence-corrected chi connectivity index (χ0v) is 10.5. The number of carbonyl (C=O) groups is 2. The quantitative estimate of drug-likeness (QED) is 0.759. The van der Waals surface area contributed by atoms with Crippen LogP contribution in [-0.2, 0) is 14.3 Å². The van der Waals surface area contributed by atoms with Gasteiger partial charge in [-0.25, -0.2) is 9.18 Å². The number of hydrogen-bond donors (Lipinski definition) is 1. The molecule has 0 amide bonds. The van der Waals surface area contributed by atoms with Crippen LogP contribution in [0.25, 0.3) is 0 Å². The van der Waals surface area contributed by atoms with Gasteiger partial charge in [-0.3, -0.25) is 4.79 Å². The summed E-state index contributed by atoms with van der Waals surface area (Å²) in [5, 5.41) is 8.72. The lowest BCUT2D eigenvalue weighted by molar-refractivity contribution is -0.166.